The molecule has 0 amide bonds. The molecule has 29 heavy (non-hydrogen) atoms. The summed E-state index contributed by atoms with van der Waals surface area (Å²) in [7, 11) is 4.71. The Kier molecular flexibility index (Phi) is 8.37. The number of halogens is 3. The second-order valence-corrected chi connectivity index (χ2v) is 6.67. The predicted octanol–water partition coefficient (Wildman–Crippen LogP) is 3.31. The zero-order valence-electron chi connectivity index (χ0n) is 16.3. The highest BCUT2D eigenvalue weighted by Crippen LogP contribution is 2.30. The maximum Gasteiger partial charge on any atom is 0.434 e. The fourth-order valence-electron chi connectivity index (χ4n) is 2.24. The Labute approximate surface area is 170 Å². The number of aromatic nitrogens is 1. The van der Waals surface area contributed by atoms with Crippen molar-refractivity contribution in [3.05, 3.63) is 34.3 Å². The second kappa shape index (κ2) is 10.7. The van der Waals surface area contributed by atoms with Gasteiger partial charge in [0, 0.05) is 37.2 Å². The number of aliphatic imine (C=N–C) groups is 1. The Morgan fingerprint density at radius 2 is 1.76 bits per heavy atom. The molecule has 1 aromatic carbocycles. The molecule has 2 rings (SSSR count). The van der Waals surface area contributed by atoms with Crippen LogP contribution >= 0.6 is 11.3 Å². The molecule has 0 atom stereocenters. The Hall–Kier alpha value is -2.69. The molecule has 0 bridgehead atoms. The van der Waals surface area contributed by atoms with Crippen molar-refractivity contribution in [3.63, 3.8) is 0 Å². The fourth-order valence-corrected chi connectivity index (χ4v) is 2.98. The van der Waals surface area contributed by atoms with Crippen LogP contribution in [0.4, 0.5) is 13.2 Å². The van der Waals surface area contributed by atoms with Crippen LogP contribution in [0.25, 0.3) is 0 Å². The molecule has 7 nitrogen and oxygen atoms in total. The minimum absolute atomic E-state index is 0.153. The van der Waals surface area contributed by atoms with Crippen molar-refractivity contribution in [3.8, 4) is 17.2 Å². The van der Waals surface area contributed by atoms with Gasteiger partial charge in [-0.05, 0) is 6.42 Å². The number of guanidine groups is 1. The van der Waals surface area contributed by atoms with E-state index in [4.69, 9.17) is 14.2 Å². The van der Waals surface area contributed by atoms with E-state index in [0.717, 1.165) is 16.7 Å². The lowest BCUT2D eigenvalue weighted by atomic mass is 10.3. The summed E-state index contributed by atoms with van der Waals surface area (Å²) < 4.78 is 53.8. The molecule has 0 aliphatic heterocycles. The van der Waals surface area contributed by atoms with E-state index in [1.807, 2.05) is 0 Å². The SMILES string of the molecule is CN=C(NCCCOc1cc(OC)cc(OC)c1)NCc1nc(C(F)(F)F)cs1. The molecular formula is C18H23F3N4O3S. The van der Waals surface area contributed by atoms with Gasteiger partial charge in [-0.1, -0.05) is 0 Å². The van der Waals surface area contributed by atoms with Gasteiger partial charge in [0.1, 0.15) is 22.3 Å². The van der Waals surface area contributed by atoms with Gasteiger partial charge in [0.2, 0.25) is 0 Å². The highest BCUT2D eigenvalue weighted by atomic mass is 32.1. The van der Waals surface area contributed by atoms with E-state index in [2.05, 4.69) is 20.6 Å². The van der Waals surface area contributed by atoms with Crippen LogP contribution in [0.3, 0.4) is 0 Å². The Balaban J connectivity index is 1.71. The van der Waals surface area contributed by atoms with Gasteiger partial charge >= 0.3 is 6.18 Å². The summed E-state index contributed by atoms with van der Waals surface area (Å²) in [6, 6.07) is 5.28. The first kappa shape index (κ1) is 22.6. The third-order valence-electron chi connectivity index (χ3n) is 3.68. The Bertz CT molecular complexity index is 790. The van der Waals surface area contributed by atoms with E-state index in [1.165, 1.54) is 0 Å². The van der Waals surface area contributed by atoms with Gasteiger partial charge in [0.25, 0.3) is 0 Å². The normalized spacial score (nSPS) is 11.9. The van der Waals surface area contributed by atoms with Crippen LogP contribution in [0.2, 0.25) is 0 Å². The van der Waals surface area contributed by atoms with Crippen LogP contribution in [-0.2, 0) is 12.7 Å². The van der Waals surface area contributed by atoms with Gasteiger partial charge in [0.15, 0.2) is 11.7 Å². The molecule has 11 heteroatoms. The van der Waals surface area contributed by atoms with Gasteiger partial charge in [-0.25, -0.2) is 4.98 Å². The Morgan fingerprint density at radius 3 is 2.31 bits per heavy atom. The van der Waals surface area contributed by atoms with Crippen LogP contribution in [0.1, 0.15) is 17.1 Å². The topological polar surface area (TPSA) is 77.0 Å². The van der Waals surface area contributed by atoms with Gasteiger partial charge in [-0.2, -0.15) is 13.2 Å². The minimum Gasteiger partial charge on any atom is -0.496 e. The first-order valence-electron chi connectivity index (χ1n) is 8.67. The molecule has 2 aromatic rings. The highest BCUT2D eigenvalue weighted by Gasteiger charge is 2.33. The molecule has 0 saturated carbocycles. The monoisotopic (exact) mass is 432 g/mol. The van der Waals surface area contributed by atoms with Gasteiger partial charge in [-0.3, -0.25) is 4.99 Å². The lowest BCUT2D eigenvalue weighted by molar-refractivity contribution is -0.140. The maximum atomic E-state index is 12.6. The summed E-state index contributed by atoms with van der Waals surface area (Å²) in [5.74, 6) is 2.38. The molecule has 0 radical (unpaired) electrons. The van der Waals surface area contributed by atoms with E-state index in [1.54, 1.807) is 39.5 Å². The first-order valence-corrected chi connectivity index (χ1v) is 9.55. The number of hydrogen-bond acceptors (Lipinski definition) is 6. The van der Waals surface area contributed by atoms with Crippen molar-refractivity contribution in [2.45, 2.75) is 19.1 Å². The standard InChI is InChI=1S/C18H23F3N4O3S/c1-22-17(24-10-16-25-15(11-29-16)18(19,20)21)23-5-4-6-28-14-8-12(26-2)7-13(9-14)27-3/h7-9,11H,4-6,10H2,1-3H3,(H2,22,23,24). The third-order valence-corrected chi connectivity index (χ3v) is 4.53. The smallest absolute Gasteiger partial charge is 0.434 e. The molecule has 1 aromatic heterocycles. The van der Waals surface area contributed by atoms with E-state index >= 15 is 0 Å². The number of hydrogen-bond donors (Lipinski definition) is 2. The molecule has 0 saturated heterocycles. The average Bonchev–Trinajstić information content (AvgIpc) is 3.19. The molecule has 0 fully saturated rings. The minimum atomic E-state index is -4.43. The number of alkyl halides is 3. The van der Waals surface area contributed by atoms with E-state index < -0.39 is 11.9 Å². The number of thiazole rings is 1. The van der Waals surface area contributed by atoms with Gasteiger partial charge in [-0.15, -0.1) is 11.3 Å². The van der Waals surface area contributed by atoms with Crippen LogP contribution in [0.5, 0.6) is 17.2 Å². The number of benzene rings is 1. The van der Waals surface area contributed by atoms with Crippen LogP contribution in [-0.4, -0.2) is 45.4 Å². The molecule has 160 valence electrons. The highest BCUT2D eigenvalue weighted by molar-refractivity contribution is 7.09. The van der Waals surface area contributed by atoms with Gasteiger partial charge < -0.3 is 24.8 Å². The van der Waals surface area contributed by atoms with Crippen molar-refractivity contribution < 1.29 is 27.4 Å². The quantitative estimate of drug-likeness (QED) is 0.360. The molecule has 1 heterocycles. The zero-order valence-corrected chi connectivity index (χ0v) is 17.1. The van der Waals surface area contributed by atoms with Crippen LogP contribution in [0, 0.1) is 0 Å². The van der Waals surface area contributed by atoms with E-state index in [0.29, 0.717) is 47.8 Å². The summed E-state index contributed by atoms with van der Waals surface area (Å²) in [6.45, 7) is 1.16. The first-order chi connectivity index (χ1) is 13.9. The van der Waals surface area contributed by atoms with Crippen molar-refractivity contribution in [2.75, 3.05) is 34.4 Å². The lowest BCUT2D eigenvalue weighted by Crippen LogP contribution is -2.37. The molecule has 0 unspecified atom stereocenters. The second-order valence-electron chi connectivity index (χ2n) is 5.73. The number of ether oxygens (including phenoxy) is 3. The number of nitrogens with one attached hydrogen (secondary N) is 2. The fraction of sp³-hybridized carbons (Fsp3) is 0.444. The lowest BCUT2D eigenvalue weighted by Gasteiger charge is -2.12. The molecule has 2 N–H and O–H groups in total. The summed E-state index contributed by atoms with van der Waals surface area (Å²) >= 11 is 0.948. The molecule has 0 aliphatic carbocycles. The van der Waals surface area contributed by atoms with Crippen molar-refractivity contribution in [2.24, 2.45) is 4.99 Å². The maximum absolute atomic E-state index is 12.6. The number of methoxy groups -OCH3 is 2. The summed E-state index contributed by atoms with van der Waals surface area (Å²) in [4.78, 5) is 7.60. The van der Waals surface area contributed by atoms with E-state index in [-0.39, 0.29) is 6.54 Å². The van der Waals surface area contributed by atoms with Crippen molar-refractivity contribution >= 4 is 17.3 Å². The van der Waals surface area contributed by atoms with Gasteiger partial charge in [0.05, 0.1) is 27.4 Å². The third kappa shape index (κ3) is 7.33. The van der Waals surface area contributed by atoms with Crippen LogP contribution < -0.4 is 24.8 Å². The summed E-state index contributed by atoms with van der Waals surface area (Å²) in [5.41, 5.74) is -0.881. The Morgan fingerprint density at radius 1 is 1.10 bits per heavy atom. The molecule has 0 spiro atoms. The average molecular weight is 432 g/mol. The molecule has 0 aliphatic rings. The largest absolute Gasteiger partial charge is 0.496 e. The number of rotatable bonds is 9. The van der Waals surface area contributed by atoms with Crippen molar-refractivity contribution in [1.29, 1.82) is 0 Å². The predicted molar refractivity (Wildman–Crippen MR) is 105 cm³/mol. The molecular weight excluding hydrogens is 409 g/mol. The summed E-state index contributed by atoms with van der Waals surface area (Å²) in [5, 5.41) is 7.33. The van der Waals surface area contributed by atoms with Crippen LogP contribution in [0.15, 0.2) is 28.6 Å². The zero-order chi connectivity index (χ0) is 21.3. The van der Waals surface area contributed by atoms with E-state index in [9.17, 15) is 13.2 Å². The summed E-state index contributed by atoms with van der Waals surface area (Å²) in [6.07, 6.45) is -3.75. The number of nitrogens with zero attached hydrogens (tertiary/aromatic N) is 2. The van der Waals surface area contributed by atoms with Crippen molar-refractivity contribution in [1.82, 2.24) is 15.6 Å².